The first-order chi connectivity index (χ1) is 17.9. The molecule has 2 heterocycles. The summed E-state index contributed by atoms with van der Waals surface area (Å²) in [5, 5.41) is 0. The summed E-state index contributed by atoms with van der Waals surface area (Å²) in [5.74, 6) is -2.36. The summed E-state index contributed by atoms with van der Waals surface area (Å²) in [6.45, 7) is 7.38. The second-order valence-electron chi connectivity index (χ2n) is 10.5. The molecule has 2 amide bonds. The molecule has 210 valence electrons. The van der Waals surface area contributed by atoms with Crippen LogP contribution in [0, 0.1) is 11.3 Å². The highest BCUT2D eigenvalue weighted by Gasteiger charge is 2.57. The van der Waals surface area contributed by atoms with Gasteiger partial charge in [0.15, 0.2) is 11.7 Å². The summed E-state index contributed by atoms with van der Waals surface area (Å²) in [6.07, 6.45) is 0.374. The van der Waals surface area contributed by atoms with Crippen molar-refractivity contribution < 1.29 is 42.9 Å². The van der Waals surface area contributed by atoms with Gasteiger partial charge in [0.2, 0.25) is 5.91 Å². The molecular weight excluding hydrogens is 496 g/mol. The Morgan fingerprint density at radius 1 is 1.03 bits per heavy atom. The summed E-state index contributed by atoms with van der Waals surface area (Å²) < 4.78 is 27.1. The number of benzene rings is 1. The highest BCUT2D eigenvalue weighted by Crippen LogP contribution is 2.42. The normalized spacial score (nSPS) is 21.8. The van der Waals surface area contributed by atoms with Crippen molar-refractivity contribution in [3.05, 3.63) is 17.7 Å². The quantitative estimate of drug-likeness (QED) is 0.384. The van der Waals surface area contributed by atoms with Crippen molar-refractivity contribution in [3.8, 4) is 17.2 Å². The Morgan fingerprint density at radius 2 is 1.66 bits per heavy atom. The van der Waals surface area contributed by atoms with Crippen LogP contribution in [0.5, 0.6) is 17.2 Å². The number of carbonyl (C=O) groups excluding carboxylic acids is 4. The van der Waals surface area contributed by atoms with Gasteiger partial charge in [-0.25, -0.2) is 4.79 Å². The molecule has 0 bridgehead atoms. The van der Waals surface area contributed by atoms with E-state index in [0.717, 1.165) is 0 Å². The van der Waals surface area contributed by atoms with Gasteiger partial charge < -0.3 is 33.5 Å². The summed E-state index contributed by atoms with van der Waals surface area (Å²) in [5.41, 5.74) is -1.32. The Balaban J connectivity index is 2.02. The maximum atomic E-state index is 13.8. The third kappa shape index (κ3) is 5.97. The average molecular weight is 535 g/mol. The zero-order valence-corrected chi connectivity index (χ0v) is 23.3. The fourth-order valence-corrected chi connectivity index (χ4v) is 5.06. The first-order valence-corrected chi connectivity index (χ1v) is 12.7. The number of nitrogens with zero attached hydrogens (tertiary/aromatic N) is 2. The second-order valence-corrected chi connectivity index (χ2v) is 10.5. The van der Waals surface area contributed by atoms with E-state index in [2.05, 4.69) is 0 Å². The highest BCUT2D eigenvalue weighted by atomic mass is 16.6. The summed E-state index contributed by atoms with van der Waals surface area (Å²) >= 11 is 0. The van der Waals surface area contributed by atoms with E-state index < -0.39 is 40.7 Å². The fraction of sp³-hybridized carbons (Fsp3) is 0.630. The van der Waals surface area contributed by atoms with Crippen LogP contribution in [-0.4, -0.2) is 86.7 Å². The topological polar surface area (TPSA) is 121 Å². The number of carbonyl (C=O) groups is 4. The molecule has 1 aromatic rings. The van der Waals surface area contributed by atoms with E-state index in [9.17, 15) is 19.2 Å². The molecule has 2 unspecified atom stereocenters. The zero-order chi connectivity index (χ0) is 28.3. The van der Waals surface area contributed by atoms with Crippen LogP contribution in [0.25, 0.3) is 0 Å². The minimum atomic E-state index is -1.63. The minimum Gasteiger partial charge on any atom is -0.496 e. The van der Waals surface area contributed by atoms with Gasteiger partial charge in [0, 0.05) is 31.8 Å². The van der Waals surface area contributed by atoms with Crippen molar-refractivity contribution in [2.75, 3.05) is 47.6 Å². The number of ketones is 1. The van der Waals surface area contributed by atoms with Crippen molar-refractivity contribution in [3.63, 3.8) is 0 Å². The number of likely N-dealkylation sites (tertiary alicyclic amines) is 2. The molecular formula is C27H38N2O9. The Labute approximate surface area is 223 Å². The number of esters is 1. The Morgan fingerprint density at radius 3 is 2.18 bits per heavy atom. The molecule has 2 saturated heterocycles. The summed E-state index contributed by atoms with van der Waals surface area (Å²) in [7, 11) is 4.49. The molecule has 1 spiro atoms. The Hall–Kier alpha value is -3.50. The standard InChI is InChI=1S/C27H38N2O9/c1-8-37-24(32)21-22(30)27(10-9-11-28(15-27)25(33)38-26(2,3)4)16-29(23(21)31)14-18-19(35-6)12-17(34-5)13-20(18)36-7/h12-13,21H,8-11,14-16H2,1-7H3. The van der Waals surface area contributed by atoms with Gasteiger partial charge in [0.05, 0.1) is 45.5 Å². The van der Waals surface area contributed by atoms with E-state index in [1.54, 1.807) is 39.8 Å². The van der Waals surface area contributed by atoms with Gasteiger partial charge in [-0.05, 0) is 40.5 Å². The monoisotopic (exact) mass is 534 g/mol. The van der Waals surface area contributed by atoms with Gasteiger partial charge in [-0.15, -0.1) is 0 Å². The smallest absolute Gasteiger partial charge is 0.410 e. The lowest BCUT2D eigenvalue weighted by molar-refractivity contribution is -0.169. The van der Waals surface area contributed by atoms with E-state index in [4.69, 9.17) is 23.7 Å². The van der Waals surface area contributed by atoms with Crippen LogP contribution in [0.1, 0.15) is 46.1 Å². The van der Waals surface area contributed by atoms with Crippen LogP contribution in [0.2, 0.25) is 0 Å². The Bertz CT molecular complexity index is 1060. The predicted molar refractivity (Wildman–Crippen MR) is 136 cm³/mol. The van der Waals surface area contributed by atoms with Gasteiger partial charge in [-0.3, -0.25) is 14.4 Å². The molecule has 11 heteroatoms. The maximum Gasteiger partial charge on any atom is 0.410 e. The number of hydrogen-bond donors (Lipinski definition) is 0. The molecule has 11 nitrogen and oxygen atoms in total. The lowest BCUT2D eigenvalue weighted by Crippen LogP contribution is -2.64. The summed E-state index contributed by atoms with van der Waals surface area (Å²) in [6, 6.07) is 3.34. The molecule has 0 aromatic heterocycles. The van der Waals surface area contributed by atoms with Gasteiger partial charge in [0.1, 0.15) is 22.8 Å². The molecule has 0 N–H and O–H groups in total. The first-order valence-electron chi connectivity index (χ1n) is 12.7. The number of Topliss-reactive ketones (excluding diaryl/α,β-unsaturated/α-hetero) is 1. The number of methoxy groups -OCH3 is 3. The van der Waals surface area contributed by atoms with Crippen molar-refractivity contribution in [1.29, 1.82) is 0 Å². The molecule has 2 aliphatic rings. The van der Waals surface area contributed by atoms with E-state index in [1.165, 1.54) is 31.1 Å². The number of hydrogen-bond acceptors (Lipinski definition) is 9. The SMILES string of the molecule is CCOC(=O)C1C(=O)N(Cc2c(OC)cc(OC)cc2OC)CC2(CCCN(C(=O)OC(C)(C)C)C2)C1=O. The predicted octanol–water partition coefficient (Wildman–Crippen LogP) is 2.82. The van der Waals surface area contributed by atoms with Gasteiger partial charge in [0.25, 0.3) is 0 Å². The van der Waals surface area contributed by atoms with Crippen LogP contribution in [-0.2, 0) is 30.4 Å². The fourth-order valence-electron chi connectivity index (χ4n) is 5.06. The van der Waals surface area contributed by atoms with Crippen LogP contribution in [0.15, 0.2) is 12.1 Å². The van der Waals surface area contributed by atoms with Crippen molar-refractivity contribution in [2.24, 2.45) is 11.3 Å². The van der Waals surface area contributed by atoms with Crippen LogP contribution in [0.3, 0.4) is 0 Å². The molecule has 2 aliphatic heterocycles. The third-order valence-corrected chi connectivity index (χ3v) is 6.75. The molecule has 38 heavy (non-hydrogen) atoms. The van der Waals surface area contributed by atoms with Crippen molar-refractivity contribution in [2.45, 2.75) is 52.7 Å². The number of ether oxygens (including phenoxy) is 5. The van der Waals surface area contributed by atoms with Crippen LogP contribution >= 0.6 is 0 Å². The summed E-state index contributed by atoms with van der Waals surface area (Å²) in [4.78, 5) is 56.2. The second kappa shape index (κ2) is 11.5. The number of amides is 2. The van der Waals surface area contributed by atoms with Crippen LogP contribution < -0.4 is 14.2 Å². The minimum absolute atomic E-state index is 0.00649. The molecule has 0 radical (unpaired) electrons. The Kier molecular flexibility index (Phi) is 8.79. The third-order valence-electron chi connectivity index (χ3n) is 6.75. The van der Waals surface area contributed by atoms with Gasteiger partial charge in [-0.2, -0.15) is 0 Å². The molecule has 0 saturated carbocycles. The molecule has 2 atom stereocenters. The van der Waals surface area contributed by atoms with E-state index in [-0.39, 0.29) is 26.2 Å². The molecule has 1 aromatic carbocycles. The number of piperidine rings is 2. The lowest BCUT2D eigenvalue weighted by Gasteiger charge is -2.48. The van der Waals surface area contributed by atoms with Gasteiger partial charge >= 0.3 is 12.1 Å². The highest BCUT2D eigenvalue weighted by molar-refractivity contribution is 6.19. The van der Waals surface area contributed by atoms with Crippen molar-refractivity contribution >= 4 is 23.8 Å². The molecule has 3 rings (SSSR count). The lowest BCUT2D eigenvalue weighted by atomic mass is 9.69. The van der Waals surface area contributed by atoms with E-state index in [1.807, 2.05) is 0 Å². The van der Waals surface area contributed by atoms with Gasteiger partial charge in [-0.1, -0.05) is 0 Å². The first kappa shape index (κ1) is 29.1. The maximum absolute atomic E-state index is 13.8. The number of rotatable bonds is 7. The van der Waals surface area contributed by atoms with Crippen LogP contribution in [0.4, 0.5) is 4.79 Å². The van der Waals surface area contributed by atoms with E-state index >= 15 is 0 Å². The zero-order valence-electron chi connectivity index (χ0n) is 23.3. The largest absolute Gasteiger partial charge is 0.496 e. The van der Waals surface area contributed by atoms with Crippen molar-refractivity contribution in [1.82, 2.24) is 9.80 Å². The molecule has 2 fully saturated rings. The average Bonchev–Trinajstić information content (AvgIpc) is 2.86. The van der Waals surface area contributed by atoms with E-state index in [0.29, 0.717) is 42.2 Å². The molecule has 0 aliphatic carbocycles.